The molecule has 0 aliphatic carbocycles. The highest BCUT2D eigenvalue weighted by Crippen LogP contribution is 2.32. The molecule has 4 aromatic carbocycles. The highest BCUT2D eigenvalue weighted by molar-refractivity contribution is 6.08. The van der Waals surface area contributed by atoms with Crippen molar-refractivity contribution in [1.29, 1.82) is 0 Å². The second kappa shape index (κ2) is 6.15. The Balaban J connectivity index is 0.00000157. The third kappa shape index (κ3) is 2.42. The fourth-order valence-electron chi connectivity index (χ4n) is 3.69. The van der Waals surface area contributed by atoms with Crippen molar-refractivity contribution in [2.75, 3.05) is 0 Å². The van der Waals surface area contributed by atoms with E-state index in [4.69, 9.17) is 0 Å². The van der Waals surface area contributed by atoms with E-state index < -0.39 is 0 Å². The van der Waals surface area contributed by atoms with Crippen LogP contribution in [-0.2, 0) is 7.05 Å². The van der Waals surface area contributed by atoms with Gasteiger partial charge < -0.3 is 24.0 Å². The minimum Gasteiger partial charge on any atom is -1.00 e. The van der Waals surface area contributed by atoms with Crippen LogP contribution in [0.3, 0.4) is 0 Å². The van der Waals surface area contributed by atoms with Crippen LogP contribution in [0.1, 0.15) is 0 Å². The van der Waals surface area contributed by atoms with Gasteiger partial charge >= 0.3 is 0 Å². The van der Waals surface area contributed by atoms with Crippen LogP contribution in [0.25, 0.3) is 38.3 Å². The molecule has 0 saturated heterocycles. The molecule has 122 valence electrons. The van der Waals surface area contributed by atoms with Gasteiger partial charge in [0.15, 0.2) is 11.0 Å². The van der Waals surface area contributed by atoms with E-state index >= 15 is 0 Å². The van der Waals surface area contributed by atoms with Crippen LogP contribution in [0, 0.1) is 0 Å². The summed E-state index contributed by atoms with van der Waals surface area (Å²) in [4.78, 5) is 0. The summed E-state index contributed by atoms with van der Waals surface area (Å²) in [6.45, 7) is 0. The topological polar surface area (TPSA) is 8.81 Å². The fourth-order valence-corrected chi connectivity index (χ4v) is 3.69. The average Bonchev–Trinajstić information content (AvgIpc) is 2.96. The SMILES string of the molecule is C[n+]1cn(-c2c3ccccc3cc3ccccc23)c2ccccc21.[I-]. The Bertz CT molecular complexity index is 1170. The van der Waals surface area contributed by atoms with Crippen LogP contribution in [-0.4, -0.2) is 4.57 Å². The van der Waals surface area contributed by atoms with Crippen molar-refractivity contribution >= 4 is 32.6 Å². The molecule has 0 unspecified atom stereocenters. The van der Waals surface area contributed by atoms with Crippen molar-refractivity contribution < 1.29 is 28.5 Å². The van der Waals surface area contributed by atoms with Gasteiger partial charge in [0.1, 0.15) is 5.69 Å². The number of para-hydroxylation sites is 2. The molecule has 1 aromatic heterocycles. The van der Waals surface area contributed by atoms with Gasteiger partial charge in [0, 0.05) is 10.8 Å². The fraction of sp³-hybridized carbons (Fsp3) is 0.0455. The van der Waals surface area contributed by atoms with Crippen molar-refractivity contribution in [3.63, 3.8) is 0 Å². The Hall–Kier alpha value is -2.40. The largest absolute Gasteiger partial charge is 1.00 e. The zero-order valence-corrected chi connectivity index (χ0v) is 16.0. The van der Waals surface area contributed by atoms with Crippen molar-refractivity contribution in [3.05, 3.63) is 85.2 Å². The van der Waals surface area contributed by atoms with Crippen LogP contribution < -0.4 is 28.5 Å². The standard InChI is InChI=1S/C22H17N2.HI/c1-23-15-24(21-13-7-6-12-20(21)23)22-18-10-4-2-8-16(18)14-17-9-3-5-11-19(17)22;/h2-15H,1H3;1H/q+1;/p-1. The first-order valence-electron chi connectivity index (χ1n) is 8.19. The molecule has 2 nitrogen and oxygen atoms in total. The molecule has 25 heavy (non-hydrogen) atoms. The summed E-state index contributed by atoms with van der Waals surface area (Å²) in [6.07, 6.45) is 2.18. The van der Waals surface area contributed by atoms with E-state index in [2.05, 4.69) is 101 Å². The lowest BCUT2D eigenvalue weighted by atomic mass is 10.0. The van der Waals surface area contributed by atoms with Crippen molar-refractivity contribution in [2.24, 2.45) is 7.05 Å². The summed E-state index contributed by atoms with van der Waals surface area (Å²) in [6, 6.07) is 28.1. The number of rotatable bonds is 1. The van der Waals surface area contributed by atoms with Crippen LogP contribution in [0.2, 0.25) is 0 Å². The number of nitrogens with zero attached hydrogens (tertiary/aromatic N) is 2. The number of aromatic nitrogens is 2. The predicted molar refractivity (Wildman–Crippen MR) is 99.5 cm³/mol. The molecule has 0 aliphatic heterocycles. The monoisotopic (exact) mass is 436 g/mol. The highest BCUT2D eigenvalue weighted by atomic mass is 127. The Morgan fingerprint density at radius 1 is 0.720 bits per heavy atom. The lowest BCUT2D eigenvalue weighted by Gasteiger charge is -2.08. The molecule has 3 heteroatoms. The molecule has 0 aliphatic rings. The summed E-state index contributed by atoms with van der Waals surface area (Å²) in [5.41, 5.74) is 3.71. The van der Waals surface area contributed by atoms with Crippen LogP contribution in [0.5, 0.6) is 0 Å². The van der Waals surface area contributed by atoms with E-state index in [1.807, 2.05) is 0 Å². The molecule has 0 radical (unpaired) electrons. The molecule has 0 bridgehead atoms. The maximum atomic E-state index is 2.32. The van der Waals surface area contributed by atoms with Gasteiger partial charge in [-0.05, 0) is 29.0 Å². The number of imidazole rings is 1. The summed E-state index contributed by atoms with van der Waals surface area (Å²) >= 11 is 0. The molecule has 0 amide bonds. The first-order chi connectivity index (χ1) is 11.8. The van der Waals surface area contributed by atoms with E-state index in [1.54, 1.807) is 0 Å². The molecule has 5 rings (SSSR count). The second-order valence-electron chi connectivity index (χ2n) is 6.25. The number of hydrogen-bond acceptors (Lipinski definition) is 0. The molecule has 0 N–H and O–H groups in total. The summed E-state index contributed by atoms with van der Waals surface area (Å²) in [5, 5.41) is 5.09. The third-order valence-electron chi connectivity index (χ3n) is 4.79. The Morgan fingerprint density at radius 3 is 1.96 bits per heavy atom. The van der Waals surface area contributed by atoms with E-state index in [0.29, 0.717) is 0 Å². The molecule has 5 aromatic rings. The van der Waals surface area contributed by atoms with Gasteiger partial charge in [-0.1, -0.05) is 60.7 Å². The van der Waals surface area contributed by atoms with Gasteiger partial charge in [-0.15, -0.1) is 0 Å². The Kier molecular flexibility index (Phi) is 3.96. The maximum Gasteiger partial charge on any atom is 0.249 e. The molecular weight excluding hydrogens is 419 g/mol. The van der Waals surface area contributed by atoms with Crippen LogP contribution >= 0.6 is 0 Å². The quantitative estimate of drug-likeness (QED) is 0.215. The van der Waals surface area contributed by atoms with Crippen LogP contribution in [0.4, 0.5) is 0 Å². The smallest absolute Gasteiger partial charge is 0.249 e. The lowest BCUT2D eigenvalue weighted by molar-refractivity contribution is -0.645. The van der Waals surface area contributed by atoms with E-state index in [1.165, 1.54) is 38.3 Å². The summed E-state index contributed by atoms with van der Waals surface area (Å²) < 4.78 is 4.51. The zero-order chi connectivity index (χ0) is 16.1. The van der Waals surface area contributed by atoms with E-state index in [-0.39, 0.29) is 24.0 Å². The zero-order valence-electron chi connectivity index (χ0n) is 13.9. The molecule has 1 heterocycles. The number of aryl methyl sites for hydroxylation is 1. The third-order valence-corrected chi connectivity index (χ3v) is 4.79. The maximum absolute atomic E-state index is 2.32. The van der Waals surface area contributed by atoms with Gasteiger partial charge in [-0.2, -0.15) is 4.57 Å². The van der Waals surface area contributed by atoms with Gasteiger partial charge in [0.25, 0.3) is 0 Å². The normalized spacial score (nSPS) is 11.1. The second-order valence-corrected chi connectivity index (χ2v) is 6.25. The molecule has 0 fully saturated rings. The average molecular weight is 436 g/mol. The van der Waals surface area contributed by atoms with Gasteiger partial charge in [-0.3, -0.25) is 0 Å². The number of halogens is 1. The van der Waals surface area contributed by atoms with Gasteiger partial charge in [-0.25, -0.2) is 4.57 Å². The van der Waals surface area contributed by atoms with E-state index in [0.717, 1.165) is 0 Å². The highest BCUT2D eigenvalue weighted by Gasteiger charge is 2.19. The molecule has 0 atom stereocenters. The number of fused-ring (bicyclic) bond motifs is 3. The Labute approximate surface area is 163 Å². The number of benzene rings is 4. The molecule has 0 spiro atoms. The minimum absolute atomic E-state index is 0. The summed E-state index contributed by atoms with van der Waals surface area (Å²) in [5.74, 6) is 0. The van der Waals surface area contributed by atoms with Crippen molar-refractivity contribution in [1.82, 2.24) is 4.57 Å². The van der Waals surface area contributed by atoms with Crippen LogP contribution in [0.15, 0.2) is 85.2 Å². The molecular formula is C22H17IN2. The lowest BCUT2D eigenvalue weighted by Crippen LogP contribution is -3.00. The van der Waals surface area contributed by atoms with Gasteiger partial charge in [0.05, 0.1) is 7.05 Å². The Morgan fingerprint density at radius 2 is 1.28 bits per heavy atom. The van der Waals surface area contributed by atoms with Crippen molar-refractivity contribution in [3.8, 4) is 5.69 Å². The first-order valence-corrected chi connectivity index (χ1v) is 8.19. The predicted octanol–water partition coefficient (Wildman–Crippen LogP) is 1.77. The molecule has 0 saturated carbocycles. The number of hydrogen-bond donors (Lipinski definition) is 0. The first kappa shape index (κ1) is 16.1. The summed E-state index contributed by atoms with van der Waals surface area (Å²) in [7, 11) is 2.10. The van der Waals surface area contributed by atoms with Gasteiger partial charge in [0.2, 0.25) is 6.33 Å². The minimum atomic E-state index is 0. The van der Waals surface area contributed by atoms with Crippen molar-refractivity contribution in [2.45, 2.75) is 0 Å². The van der Waals surface area contributed by atoms with E-state index in [9.17, 15) is 0 Å².